The molecule has 0 spiro atoms. The largest absolute Gasteiger partial charge is 0.469 e. The fourth-order valence-corrected chi connectivity index (χ4v) is 2.19. The van der Waals surface area contributed by atoms with Crippen molar-refractivity contribution in [2.45, 2.75) is 58.2 Å². The van der Waals surface area contributed by atoms with Crippen LogP contribution >= 0.6 is 0 Å². The minimum atomic E-state index is -3.41. The Morgan fingerprint density at radius 2 is 1.68 bits per heavy atom. The number of rotatable bonds is 4. The molecule has 0 amide bonds. The van der Waals surface area contributed by atoms with Gasteiger partial charge in [-0.05, 0) is 32.1 Å². The second kappa shape index (κ2) is 10.9. The van der Waals surface area contributed by atoms with E-state index in [1.807, 2.05) is 18.6 Å². The van der Waals surface area contributed by atoms with Gasteiger partial charge in [0.15, 0.2) is 0 Å². The summed E-state index contributed by atoms with van der Waals surface area (Å²) >= 11 is 0. The Labute approximate surface area is 134 Å². The highest BCUT2D eigenvalue weighted by atomic mass is 32.2. The minimum absolute atomic E-state index is 0.0556. The lowest BCUT2D eigenvalue weighted by molar-refractivity contribution is -0.144. The van der Waals surface area contributed by atoms with Gasteiger partial charge in [0.05, 0.1) is 32.3 Å². The molecule has 0 aromatic carbocycles. The highest BCUT2D eigenvalue weighted by molar-refractivity contribution is 7.84. The van der Waals surface area contributed by atoms with E-state index in [0.29, 0.717) is 12.2 Å². The van der Waals surface area contributed by atoms with Crippen molar-refractivity contribution in [1.82, 2.24) is 4.72 Å². The van der Waals surface area contributed by atoms with Crippen LogP contribution in [0.5, 0.6) is 0 Å². The van der Waals surface area contributed by atoms with Gasteiger partial charge in [0.25, 0.3) is 0 Å². The topological polar surface area (TPSA) is 90.9 Å². The monoisotopic (exact) mass is 339 g/mol. The summed E-state index contributed by atoms with van der Waals surface area (Å²) < 4.78 is 35.9. The van der Waals surface area contributed by atoms with Crippen molar-refractivity contribution >= 4 is 16.3 Å². The summed E-state index contributed by atoms with van der Waals surface area (Å²) in [5.74, 6) is -0.0625. The minimum Gasteiger partial charge on any atom is -0.469 e. The molecule has 2 rings (SSSR count). The molecule has 8 heteroatoms. The van der Waals surface area contributed by atoms with E-state index in [1.54, 1.807) is 0 Å². The Bertz CT molecular complexity index is 384. The summed E-state index contributed by atoms with van der Waals surface area (Å²) in [6.45, 7) is 3.81. The highest BCUT2D eigenvalue weighted by Gasteiger charge is 2.31. The third-order valence-electron chi connectivity index (χ3n) is 3.69. The molecule has 2 heterocycles. The highest BCUT2D eigenvalue weighted by Crippen LogP contribution is 2.33. The standard InChI is InChI=1S/C6H12O2.C6H10O.C2H7NO3S/c1-4-5(2)6(7)8-3;1-2-6-4-3-5(1)7-6;1-3-7(4,5)6-2/h5H,4H2,1-3H3;5-6H,1-4H2;3H,1-2H3. The number of carbonyl (C=O) groups is 1. The molecule has 1 atom stereocenters. The number of ether oxygens (including phenoxy) is 2. The van der Waals surface area contributed by atoms with Gasteiger partial charge in [0.1, 0.15) is 0 Å². The maximum atomic E-state index is 10.5. The Morgan fingerprint density at radius 3 is 1.77 bits per heavy atom. The van der Waals surface area contributed by atoms with E-state index in [9.17, 15) is 13.2 Å². The number of methoxy groups -OCH3 is 1. The summed E-state index contributed by atoms with van der Waals surface area (Å²) in [5, 5.41) is 0. The SMILES string of the molecule is C1CC2CCC1O2.CCC(C)C(=O)OC.CNS(=O)(=O)OC. The molecular weight excluding hydrogens is 310 g/mol. The van der Waals surface area contributed by atoms with Crippen molar-refractivity contribution in [3.8, 4) is 0 Å². The van der Waals surface area contributed by atoms with Crippen molar-refractivity contribution in [1.29, 1.82) is 0 Å². The molecule has 1 unspecified atom stereocenters. The molecule has 0 aromatic heterocycles. The van der Waals surface area contributed by atoms with Crippen LogP contribution in [-0.2, 0) is 28.8 Å². The molecule has 2 aliphatic rings. The first kappa shape index (κ1) is 21.3. The predicted molar refractivity (Wildman–Crippen MR) is 83.6 cm³/mol. The molecule has 0 radical (unpaired) electrons. The van der Waals surface area contributed by atoms with Gasteiger partial charge in [-0.15, -0.1) is 0 Å². The first-order valence-electron chi connectivity index (χ1n) is 7.51. The van der Waals surface area contributed by atoms with Crippen LogP contribution in [0.1, 0.15) is 46.0 Å². The lowest BCUT2D eigenvalue weighted by Gasteiger charge is -2.02. The van der Waals surface area contributed by atoms with Crippen LogP contribution in [0.2, 0.25) is 0 Å². The van der Waals surface area contributed by atoms with Crippen molar-refractivity contribution in [3.05, 3.63) is 0 Å². The molecule has 132 valence electrons. The Hall–Kier alpha value is -0.700. The zero-order valence-electron chi connectivity index (χ0n) is 14.1. The fourth-order valence-electron chi connectivity index (χ4n) is 2.03. The van der Waals surface area contributed by atoms with Crippen molar-refractivity contribution < 1.29 is 26.9 Å². The van der Waals surface area contributed by atoms with Crippen LogP contribution in [0.15, 0.2) is 0 Å². The third kappa shape index (κ3) is 8.67. The smallest absolute Gasteiger partial charge is 0.335 e. The van der Waals surface area contributed by atoms with Crippen molar-refractivity contribution in [2.75, 3.05) is 21.3 Å². The summed E-state index contributed by atoms with van der Waals surface area (Å²) in [6, 6.07) is 0. The zero-order valence-corrected chi connectivity index (χ0v) is 14.9. The molecule has 7 nitrogen and oxygen atoms in total. The molecule has 2 fully saturated rings. The average molecular weight is 339 g/mol. The number of fused-ring (bicyclic) bond motifs is 2. The second-order valence-corrected chi connectivity index (χ2v) is 6.84. The molecule has 2 bridgehead atoms. The van der Waals surface area contributed by atoms with Gasteiger partial charge in [0.2, 0.25) is 0 Å². The van der Waals surface area contributed by atoms with Gasteiger partial charge >= 0.3 is 16.3 Å². The van der Waals surface area contributed by atoms with E-state index in [4.69, 9.17) is 4.74 Å². The molecule has 0 saturated carbocycles. The first-order valence-corrected chi connectivity index (χ1v) is 8.92. The van der Waals surface area contributed by atoms with Crippen LogP contribution in [-0.4, -0.2) is 47.9 Å². The van der Waals surface area contributed by atoms with Crippen LogP contribution < -0.4 is 4.72 Å². The number of hydrogen-bond donors (Lipinski definition) is 1. The van der Waals surface area contributed by atoms with Gasteiger partial charge in [-0.3, -0.25) is 8.98 Å². The zero-order chi connectivity index (χ0) is 17.2. The molecule has 0 aromatic rings. The van der Waals surface area contributed by atoms with Crippen molar-refractivity contribution in [2.24, 2.45) is 5.92 Å². The van der Waals surface area contributed by atoms with Crippen molar-refractivity contribution in [3.63, 3.8) is 0 Å². The lowest BCUT2D eigenvalue weighted by Crippen LogP contribution is -2.19. The Balaban J connectivity index is 0.000000301. The van der Waals surface area contributed by atoms with E-state index in [1.165, 1.54) is 39.8 Å². The molecular formula is C14H29NO6S. The predicted octanol–water partition coefficient (Wildman–Crippen LogP) is 1.63. The number of hydrogen-bond acceptors (Lipinski definition) is 6. The quantitative estimate of drug-likeness (QED) is 0.783. The molecule has 0 aliphatic carbocycles. The summed E-state index contributed by atoms with van der Waals surface area (Å²) in [6.07, 6.45) is 7.55. The van der Waals surface area contributed by atoms with E-state index in [0.717, 1.165) is 13.5 Å². The Morgan fingerprint density at radius 1 is 1.23 bits per heavy atom. The average Bonchev–Trinajstić information content (AvgIpc) is 3.20. The summed E-state index contributed by atoms with van der Waals surface area (Å²) in [7, 11) is 0.370. The maximum Gasteiger partial charge on any atom is 0.335 e. The number of carbonyl (C=O) groups excluding carboxylic acids is 1. The third-order valence-corrected chi connectivity index (χ3v) is 4.63. The molecule has 2 aliphatic heterocycles. The maximum absolute atomic E-state index is 10.5. The fraction of sp³-hybridized carbons (Fsp3) is 0.929. The van der Waals surface area contributed by atoms with Crippen LogP contribution in [0.4, 0.5) is 0 Å². The van der Waals surface area contributed by atoms with E-state index < -0.39 is 10.3 Å². The van der Waals surface area contributed by atoms with E-state index in [-0.39, 0.29) is 11.9 Å². The first-order chi connectivity index (χ1) is 10.3. The van der Waals surface area contributed by atoms with Gasteiger partial charge in [-0.1, -0.05) is 13.8 Å². The molecule has 1 N–H and O–H groups in total. The normalized spacial score (nSPS) is 23.7. The van der Waals surface area contributed by atoms with Crippen LogP contribution in [0, 0.1) is 5.92 Å². The van der Waals surface area contributed by atoms with Gasteiger partial charge in [-0.25, -0.2) is 0 Å². The van der Waals surface area contributed by atoms with Gasteiger partial charge in [-0.2, -0.15) is 13.1 Å². The van der Waals surface area contributed by atoms with Gasteiger partial charge < -0.3 is 9.47 Å². The summed E-state index contributed by atoms with van der Waals surface area (Å²) in [5.41, 5.74) is 0. The number of esters is 1. The van der Waals surface area contributed by atoms with E-state index in [2.05, 4.69) is 8.92 Å². The molecule has 2 saturated heterocycles. The molecule has 22 heavy (non-hydrogen) atoms. The second-order valence-electron chi connectivity index (χ2n) is 5.19. The van der Waals surface area contributed by atoms with Gasteiger partial charge in [0, 0.05) is 7.05 Å². The van der Waals surface area contributed by atoms with Crippen LogP contribution in [0.25, 0.3) is 0 Å². The summed E-state index contributed by atoms with van der Waals surface area (Å²) in [4.78, 5) is 10.5. The Kier molecular flexibility index (Phi) is 10.6. The van der Waals surface area contributed by atoms with Crippen LogP contribution in [0.3, 0.4) is 0 Å². The number of nitrogens with one attached hydrogen (secondary N) is 1. The van der Waals surface area contributed by atoms with E-state index >= 15 is 0 Å². The lowest BCUT2D eigenvalue weighted by atomic mass is 10.0.